The Hall–Kier alpha value is -2.08. The van der Waals surface area contributed by atoms with Crippen LogP contribution >= 0.6 is 11.6 Å². The molecule has 0 aliphatic carbocycles. The smallest absolute Gasteiger partial charge is 0.353 e. The molecule has 88 valence electrons. The summed E-state index contributed by atoms with van der Waals surface area (Å²) in [5.74, 6) is -2.44. The molecule has 3 N–H and O–H groups in total. The summed E-state index contributed by atoms with van der Waals surface area (Å²) in [6, 6.07) is 3.64. The summed E-state index contributed by atoms with van der Waals surface area (Å²) in [7, 11) is 0. The third-order valence-corrected chi connectivity index (χ3v) is 2.51. The Balaban J connectivity index is 2.53. The number of phenolic OH excluding ortho intramolecular Hbond substituents is 1. The second kappa shape index (κ2) is 4.06. The molecule has 0 aliphatic heterocycles. The normalized spacial score (nSPS) is 10.5. The number of H-pyrrole nitrogens is 1. The Morgan fingerprint density at radius 3 is 2.76 bits per heavy atom. The van der Waals surface area contributed by atoms with Crippen molar-refractivity contribution in [3.63, 3.8) is 0 Å². The number of carbonyl (C=O) groups is 1. The molecule has 0 radical (unpaired) electrons. The Morgan fingerprint density at radius 2 is 2.18 bits per heavy atom. The van der Waals surface area contributed by atoms with E-state index in [9.17, 15) is 14.3 Å². The summed E-state index contributed by atoms with van der Waals surface area (Å²) in [6.07, 6.45) is 0. The van der Waals surface area contributed by atoms with E-state index in [1.54, 1.807) is 0 Å². The molecule has 0 spiro atoms. The quantitative estimate of drug-likeness (QED) is 0.769. The highest BCUT2D eigenvalue weighted by molar-refractivity contribution is 6.32. The van der Waals surface area contributed by atoms with Crippen LogP contribution in [0.15, 0.2) is 18.2 Å². The van der Waals surface area contributed by atoms with Gasteiger partial charge in [-0.25, -0.2) is 9.18 Å². The topological polar surface area (TPSA) is 86.2 Å². The van der Waals surface area contributed by atoms with E-state index in [4.69, 9.17) is 16.7 Å². The van der Waals surface area contributed by atoms with E-state index in [2.05, 4.69) is 10.2 Å². The molecule has 1 aromatic heterocycles. The van der Waals surface area contributed by atoms with Crippen LogP contribution in [0.2, 0.25) is 5.02 Å². The number of aromatic hydroxyl groups is 1. The summed E-state index contributed by atoms with van der Waals surface area (Å²) in [6.45, 7) is 0. The van der Waals surface area contributed by atoms with Gasteiger partial charge in [-0.2, -0.15) is 5.10 Å². The second-order valence-electron chi connectivity index (χ2n) is 3.23. The van der Waals surface area contributed by atoms with Gasteiger partial charge in [0, 0.05) is 5.56 Å². The van der Waals surface area contributed by atoms with Crippen molar-refractivity contribution in [3.8, 4) is 17.0 Å². The molecule has 0 aliphatic rings. The number of aromatic carboxylic acids is 1. The minimum atomic E-state index is -1.20. The SMILES string of the molecule is O=C(O)c1cc(-c2ccc(O)c(Cl)c2F)n[nH]1. The van der Waals surface area contributed by atoms with Crippen molar-refractivity contribution in [2.75, 3.05) is 0 Å². The average Bonchev–Trinajstić information content (AvgIpc) is 2.75. The highest BCUT2D eigenvalue weighted by Crippen LogP contribution is 2.32. The van der Waals surface area contributed by atoms with Crippen molar-refractivity contribution in [1.82, 2.24) is 10.2 Å². The lowest BCUT2D eigenvalue weighted by Gasteiger charge is -2.02. The first-order chi connectivity index (χ1) is 8.00. The average molecular weight is 257 g/mol. The lowest BCUT2D eigenvalue weighted by molar-refractivity contribution is 0.0690. The summed E-state index contributed by atoms with van der Waals surface area (Å²) >= 11 is 5.52. The second-order valence-corrected chi connectivity index (χ2v) is 3.61. The number of hydrogen-bond donors (Lipinski definition) is 3. The van der Waals surface area contributed by atoms with Crippen molar-refractivity contribution in [3.05, 3.63) is 34.7 Å². The molecule has 5 nitrogen and oxygen atoms in total. The zero-order valence-corrected chi connectivity index (χ0v) is 8.99. The minimum absolute atomic E-state index is 0.0107. The molecule has 0 bridgehead atoms. The summed E-state index contributed by atoms with van der Waals surface area (Å²) < 4.78 is 13.7. The van der Waals surface area contributed by atoms with Gasteiger partial charge in [-0.3, -0.25) is 5.10 Å². The van der Waals surface area contributed by atoms with E-state index in [0.717, 1.165) is 0 Å². The van der Waals surface area contributed by atoms with Crippen LogP contribution in [-0.2, 0) is 0 Å². The molecule has 0 saturated heterocycles. The third kappa shape index (κ3) is 1.94. The largest absolute Gasteiger partial charge is 0.506 e. The number of carboxylic acid groups (broad SMARTS) is 1. The van der Waals surface area contributed by atoms with E-state index >= 15 is 0 Å². The number of rotatable bonds is 2. The highest BCUT2D eigenvalue weighted by Gasteiger charge is 2.16. The fourth-order valence-electron chi connectivity index (χ4n) is 1.31. The zero-order valence-electron chi connectivity index (χ0n) is 8.24. The number of halogens is 2. The van der Waals surface area contributed by atoms with Crippen molar-refractivity contribution in [2.45, 2.75) is 0 Å². The van der Waals surface area contributed by atoms with Gasteiger partial charge in [0.25, 0.3) is 0 Å². The number of aromatic nitrogens is 2. The lowest BCUT2D eigenvalue weighted by atomic mass is 10.1. The summed E-state index contributed by atoms with van der Waals surface area (Å²) in [5, 5.41) is 23.3. The fourth-order valence-corrected chi connectivity index (χ4v) is 1.47. The first-order valence-corrected chi connectivity index (χ1v) is 4.84. The van der Waals surface area contributed by atoms with Crippen LogP contribution in [0.3, 0.4) is 0 Å². The van der Waals surface area contributed by atoms with Crippen molar-refractivity contribution in [1.29, 1.82) is 0 Å². The molecule has 0 fully saturated rings. The first-order valence-electron chi connectivity index (χ1n) is 4.46. The van der Waals surface area contributed by atoms with Crippen LogP contribution < -0.4 is 0 Å². The van der Waals surface area contributed by atoms with E-state index in [1.165, 1.54) is 18.2 Å². The van der Waals surface area contributed by atoms with Gasteiger partial charge in [-0.1, -0.05) is 11.6 Å². The minimum Gasteiger partial charge on any atom is -0.506 e. The Kier molecular flexibility index (Phi) is 2.72. The number of nitrogens with one attached hydrogen (secondary N) is 1. The van der Waals surface area contributed by atoms with Crippen LogP contribution in [0, 0.1) is 5.82 Å². The van der Waals surface area contributed by atoms with Gasteiger partial charge >= 0.3 is 5.97 Å². The molecule has 0 atom stereocenters. The van der Waals surface area contributed by atoms with Crippen LogP contribution in [0.5, 0.6) is 5.75 Å². The van der Waals surface area contributed by atoms with Gasteiger partial charge in [0.15, 0.2) is 5.82 Å². The number of carboxylic acids is 1. The molecule has 1 heterocycles. The Bertz CT molecular complexity index is 597. The predicted molar refractivity (Wildman–Crippen MR) is 57.6 cm³/mol. The molecule has 1 aromatic carbocycles. The van der Waals surface area contributed by atoms with E-state index in [-0.39, 0.29) is 22.7 Å². The maximum Gasteiger partial charge on any atom is 0.353 e. The van der Waals surface area contributed by atoms with Crippen LogP contribution in [-0.4, -0.2) is 26.4 Å². The van der Waals surface area contributed by atoms with Crippen LogP contribution in [0.4, 0.5) is 4.39 Å². The third-order valence-electron chi connectivity index (χ3n) is 2.15. The van der Waals surface area contributed by atoms with Crippen molar-refractivity contribution < 1.29 is 19.4 Å². The van der Waals surface area contributed by atoms with Gasteiger partial charge in [-0.15, -0.1) is 0 Å². The fraction of sp³-hybridized carbons (Fsp3) is 0. The van der Waals surface area contributed by atoms with Gasteiger partial charge in [0.05, 0.1) is 5.69 Å². The number of aromatic amines is 1. The van der Waals surface area contributed by atoms with E-state index < -0.39 is 16.8 Å². The molecule has 7 heteroatoms. The lowest BCUT2D eigenvalue weighted by Crippen LogP contribution is -1.95. The predicted octanol–water partition coefficient (Wildman–Crippen LogP) is 2.27. The van der Waals surface area contributed by atoms with Crippen LogP contribution in [0.1, 0.15) is 10.5 Å². The Labute approximate surface area is 99.5 Å². The Morgan fingerprint density at radius 1 is 1.47 bits per heavy atom. The maximum absolute atomic E-state index is 13.7. The highest BCUT2D eigenvalue weighted by atomic mass is 35.5. The number of hydrogen-bond acceptors (Lipinski definition) is 3. The molecule has 2 rings (SSSR count). The molecule has 17 heavy (non-hydrogen) atoms. The molecule has 0 unspecified atom stereocenters. The van der Waals surface area contributed by atoms with Gasteiger partial charge in [-0.05, 0) is 18.2 Å². The molecular weight excluding hydrogens is 251 g/mol. The van der Waals surface area contributed by atoms with Crippen molar-refractivity contribution >= 4 is 17.6 Å². The molecular formula is C10H6ClFN2O3. The maximum atomic E-state index is 13.7. The molecule has 2 aromatic rings. The molecule has 0 amide bonds. The zero-order chi connectivity index (χ0) is 12.6. The van der Waals surface area contributed by atoms with Crippen LogP contribution in [0.25, 0.3) is 11.3 Å². The van der Waals surface area contributed by atoms with Crippen molar-refractivity contribution in [2.24, 2.45) is 0 Å². The van der Waals surface area contributed by atoms with E-state index in [1.807, 2.05) is 0 Å². The van der Waals surface area contributed by atoms with Gasteiger partial charge in [0.1, 0.15) is 16.5 Å². The van der Waals surface area contributed by atoms with Gasteiger partial charge in [0.2, 0.25) is 0 Å². The summed E-state index contributed by atoms with van der Waals surface area (Å²) in [4.78, 5) is 10.6. The molecule has 0 saturated carbocycles. The number of nitrogens with zero attached hydrogens (tertiary/aromatic N) is 1. The number of benzene rings is 1. The standard InChI is InChI=1S/C10H6ClFN2O3/c11-8-7(15)2-1-4(9(8)12)5-3-6(10(16)17)14-13-5/h1-3,15H,(H,13,14)(H,16,17). The first kappa shape index (κ1) is 11.4. The van der Waals surface area contributed by atoms with Gasteiger partial charge < -0.3 is 10.2 Å². The summed E-state index contributed by atoms with van der Waals surface area (Å²) in [5.41, 5.74) is -0.0538. The monoisotopic (exact) mass is 256 g/mol. The number of phenols is 1. The van der Waals surface area contributed by atoms with E-state index in [0.29, 0.717) is 0 Å².